The number of aromatic amines is 1. The molecule has 0 unspecified atom stereocenters. The molecule has 1 heterocycles. The van der Waals surface area contributed by atoms with Crippen molar-refractivity contribution in [3.63, 3.8) is 0 Å². The Hall–Kier alpha value is -2.25. The number of esters is 1. The van der Waals surface area contributed by atoms with Crippen LogP contribution in [0.1, 0.15) is 18.3 Å². The molecular weight excluding hydrogens is 444 g/mol. The average molecular weight is 456 g/mol. The van der Waals surface area contributed by atoms with Gasteiger partial charge in [-0.05, 0) is 61.7 Å². The van der Waals surface area contributed by atoms with Crippen LogP contribution in [0.15, 0.2) is 27.3 Å². The van der Waals surface area contributed by atoms with E-state index in [-0.39, 0.29) is 23.8 Å². The molecule has 0 spiro atoms. The minimum absolute atomic E-state index is 0.174. The Kier molecular flexibility index (Phi) is 6.45. The molecule has 2 N–H and O–H groups in total. The second-order valence-corrected chi connectivity index (χ2v) is 6.17. The number of anilines is 1. The van der Waals surface area contributed by atoms with E-state index in [2.05, 4.69) is 57.8 Å². The van der Waals surface area contributed by atoms with Gasteiger partial charge in [0.2, 0.25) is 5.82 Å². The van der Waals surface area contributed by atoms with Gasteiger partial charge in [0.25, 0.3) is 0 Å². The zero-order valence-electron chi connectivity index (χ0n) is 12.5. The number of benzene rings is 1. The molecule has 0 saturated heterocycles. The molecule has 0 saturated carbocycles. The van der Waals surface area contributed by atoms with E-state index in [0.29, 0.717) is 12.3 Å². The second kappa shape index (κ2) is 8.56. The van der Waals surface area contributed by atoms with Crippen molar-refractivity contribution in [1.29, 1.82) is 5.26 Å². The molecule has 0 bridgehead atoms. The lowest BCUT2D eigenvalue weighted by Crippen LogP contribution is -2.07. The normalized spacial score (nSPS) is 11.0. The number of tetrazole rings is 1. The smallest absolute Gasteiger partial charge is 0.310 e. The molecule has 24 heavy (non-hydrogen) atoms. The molecule has 1 aromatic carbocycles. The van der Waals surface area contributed by atoms with Crippen molar-refractivity contribution in [3.05, 3.63) is 38.7 Å². The molecular formula is C14H12Br2N6O2. The molecule has 0 aliphatic rings. The lowest BCUT2D eigenvalue weighted by atomic mass is 10.1. The van der Waals surface area contributed by atoms with E-state index in [4.69, 9.17) is 10.00 Å². The molecule has 124 valence electrons. The summed E-state index contributed by atoms with van der Waals surface area (Å²) in [6, 6.07) is 5.59. The standard InChI is InChI=1S/C14H12Br2N6O2/c1-2-24-12(23)5-8-3-10(15)13(11(16)4-8)18-7-9(6-17)14-19-21-22-20-14/h3-4,7,18H,2,5H2,1H3,(H,19,20,21,22). The van der Waals surface area contributed by atoms with Gasteiger partial charge in [-0.15, -0.1) is 10.2 Å². The van der Waals surface area contributed by atoms with Crippen molar-refractivity contribution in [2.75, 3.05) is 11.9 Å². The lowest BCUT2D eigenvalue weighted by molar-refractivity contribution is -0.142. The van der Waals surface area contributed by atoms with Crippen LogP contribution in [0, 0.1) is 11.3 Å². The van der Waals surface area contributed by atoms with E-state index in [0.717, 1.165) is 14.5 Å². The molecule has 2 aromatic rings. The lowest BCUT2D eigenvalue weighted by Gasteiger charge is -2.10. The predicted octanol–water partition coefficient (Wildman–Crippen LogP) is 2.81. The fraction of sp³-hybridized carbons (Fsp3) is 0.214. The number of ether oxygens (including phenoxy) is 1. The van der Waals surface area contributed by atoms with Crippen molar-refractivity contribution in [2.45, 2.75) is 13.3 Å². The SMILES string of the molecule is CCOC(=O)Cc1cc(Br)c(NC=C(C#N)c2nn[nH]n2)c(Br)c1. The highest BCUT2D eigenvalue weighted by atomic mass is 79.9. The van der Waals surface area contributed by atoms with Crippen molar-refractivity contribution in [2.24, 2.45) is 0 Å². The van der Waals surface area contributed by atoms with E-state index >= 15 is 0 Å². The van der Waals surface area contributed by atoms with Crippen LogP contribution >= 0.6 is 31.9 Å². The van der Waals surface area contributed by atoms with Crippen LogP contribution in [0.2, 0.25) is 0 Å². The van der Waals surface area contributed by atoms with Gasteiger partial charge >= 0.3 is 5.97 Å². The Morgan fingerprint density at radius 3 is 2.71 bits per heavy atom. The van der Waals surface area contributed by atoms with Gasteiger partial charge in [0.1, 0.15) is 11.6 Å². The average Bonchev–Trinajstić information content (AvgIpc) is 3.04. The summed E-state index contributed by atoms with van der Waals surface area (Å²) in [5, 5.41) is 25.4. The van der Waals surface area contributed by atoms with E-state index in [1.54, 1.807) is 19.1 Å². The zero-order chi connectivity index (χ0) is 17.5. The number of aromatic nitrogens is 4. The number of nitriles is 1. The Morgan fingerprint density at radius 1 is 1.46 bits per heavy atom. The number of allylic oxidation sites excluding steroid dienone is 1. The number of H-pyrrole nitrogens is 1. The van der Waals surface area contributed by atoms with Crippen molar-refractivity contribution in [1.82, 2.24) is 20.6 Å². The van der Waals surface area contributed by atoms with Gasteiger partial charge in [-0.1, -0.05) is 0 Å². The number of rotatable bonds is 6. The largest absolute Gasteiger partial charge is 0.466 e. The maximum absolute atomic E-state index is 11.6. The summed E-state index contributed by atoms with van der Waals surface area (Å²) in [5.74, 6) is -0.100. The Labute approximate surface area is 154 Å². The molecule has 10 heteroatoms. The fourth-order valence-electron chi connectivity index (χ4n) is 1.81. The van der Waals surface area contributed by atoms with Crippen LogP contribution in [-0.2, 0) is 16.0 Å². The molecule has 2 rings (SSSR count). The van der Waals surface area contributed by atoms with E-state index in [9.17, 15) is 4.79 Å². The molecule has 0 fully saturated rings. The van der Waals surface area contributed by atoms with E-state index in [1.165, 1.54) is 6.20 Å². The summed E-state index contributed by atoms with van der Waals surface area (Å²) < 4.78 is 6.38. The molecule has 0 atom stereocenters. The summed E-state index contributed by atoms with van der Waals surface area (Å²) in [5.41, 5.74) is 1.71. The first kappa shape index (κ1) is 18.1. The van der Waals surface area contributed by atoms with Crippen LogP contribution in [0.25, 0.3) is 5.57 Å². The molecule has 0 aliphatic heterocycles. The van der Waals surface area contributed by atoms with Gasteiger partial charge in [0.05, 0.1) is 18.7 Å². The number of hydrogen-bond donors (Lipinski definition) is 2. The Balaban J connectivity index is 2.20. The summed E-state index contributed by atoms with van der Waals surface area (Å²) in [6.07, 6.45) is 1.65. The first-order valence-electron chi connectivity index (χ1n) is 6.79. The Bertz CT molecular complexity index is 775. The van der Waals surface area contributed by atoms with Gasteiger partial charge in [-0.2, -0.15) is 10.5 Å². The van der Waals surface area contributed by atoms with Crippen LogP contribution in [0.5, 0.6) is 0 Å². The minimum Gasteiger partial charge on any atom is -0.466 e. The molecule has 0 radical (unpaired) electrons. The summed E-state index contributed by atoms with van der Waals surface area (Å²) in [7, 11) is 0. The van der Waals surface area contributed by atoms with Crippen molar-refractivity contribution in [3.8, 4) is 6.07 Å². The highest BCUT2D eigenvalue weighted by molar-refractivity contribution is 9.11. The topological polar surface area (TPSA) is 117 Å². The van der Waals surface area contributed by atoms with E-state index < -0.39 is 0 Å². The monoisotopic (exact) mass is 454 g/mol. The van der Waals surface area contributed by atoms with Gasteiger partial charge in [0, 0.05) is 15.1 Å². The Morgan fingerprint density at radius 2 is 2.17 bits per heavy atom. The number of nitrogens with zero attached hydrogens (tertiary/aromatic N) is 4. The van der Waals surface area contributed by atoms with Crippen LogP contribution < -0.4 is 5.32 Å². The highest BCUT2D eigenvalue weighted by Gasteiger charge is 2.11. The van der Waals surface area contributed by atoms with Crippen molar-refractivity contribution < 1.29 is 9.53 Å². The highest BCUT2D eigenvalue weighted by Crippen LogP contribution is 2.33. The molecule has 8 nitrogen and oxygen atoms in total. The summed E-state index contributed by atoms with van der Waals surface area (Å²) in [4.78, 5) is 11.6. The maximum Gasteiger partial charge on any atom is 0.310 e. The third kappa shape index (κ3) is 4.62. The third-order valence-electron chi connectivity index (χ3n) is 2.82. The minimum atomic E-state index is -0.291. The number of carbonyl (C=O) groups is 1. The summed E-state index contributed by atoms with van der Waals surface area (Å²) >= 11 is 6.88. The van der Waals surface area contributed by atoms with Crippen molar-refractivity contribution >= 4 is 49.1 Å². The molecule has 1 aromatic heterocycles. The van der Waals surface area contributed by atoms with Gasteiger partial charge < -0.3 is 10.1 Å². The first-order chi connectivity index (χ1) is 11.5. The first-order valence-corrected chi connectivity index (χ1v) is 8.38. The number of nitrogens with one attached hydrogen (secondary N) is 2. The zero-order valence-corrected chi connectivity index (χ0v) is 15.7. The van der Waals surface area contributed by atoms with Gasteiger partial charge in [-0.25, -0.2) is 0 Å². The van der Waals surface area contributed by atoms with Crippen LogP contribution in [-0.4, -0.2) is 33.2 Å². The quantitative estimate of drug-likeness (QED) is 0.508. The fourth-order valence-corrected chi connectivity index (χ4v) is 3.32. The van der Waals surface area contributed by atoms with Gasteiger partial charge in [0.15, 0.2) is 0 Å². The third-order valence-corrected chi connectivity index (χ3v) is 4.07. The number of hydrogen-bond acceptors (Lipinski definition) is 7. The van der Waals surface area contributed by atoms with Crippen LogP contribution in [0.3, 0.4) is 0 Å². The summed E-state index contributed by atoms with van der Waals surface area (Å²) in [6.45, 7) is 2.11. The number of halogens is 2. The predicted molar refractivity (Wildman–Crippen MR) is 93.6 cm³/mol. The van der Waals surface area contributed by atoms with E-state index in [1.807, 2.05) is 6.07 Å². The molecule has 0 amide bonds. The second-order valence-electron chi connectivity index (χ2n) is 4.47. The van der Waals surface area contributed by atoms with Gasteiger partial charge in [-0.3, -0.25) is 4.79 Å². The maximum atomic E-state index is 11.6. The number of carbonyl (C=O) groups excluding carboxylic acids is 1. The molecule has 0 aliphatic carbocycles. The van der Waals surface area contributed by atoms with Crippen LogP contribution in [0.4, 0.5) is 5.69 Å².